The maximum Gasteiger partial charge on any atom is 0.316 e. The van der Waals surface area contributed by atoms with Crippen molar-refractivity contribution in [1.29, 1.82) is 0 Å². The van der Waals surface area contributed by atoms with Gasteiger partial charge in [0.25, 0.3) is 0 Å². The molecule has 0 radical (unpaired) electrons. The van der Waals surface area contributed by atoms with Gasteiger partial charge in [-0.1, -0.05) is 5.10 Å². The Bertz CT molecular complexity index is 361. The average molecular weight is 227 g/mol. The first-order chi connectivity index (χ1) is 7.41. The average Bonchev–Trinajstić information content (AvgIpc) is 2.64. The Morgan fingerprint density at radius 2 is 2.06 bits per heavy atom. The number of hydrogen-bond donors (Lipinski definition) is 2. The van der Waals surface area contributed by atoms with Gasteiger partial charge < -0.3 is 20.4 Å². The Labute approximate surface area is 94.0 Å². The number of nitrogens with one attached hydrogen (secondary N) is 1. The van der Waals surface area contributed by atoms with Crippen LogP contribution < -0.4 is 11.1 Å². The fourth-order valence-electron chi connectivity index (χ4n) is 1.11. The van der Waals surface area contributed by atoms with Crippen molar-refractivity contribution < 1.29 is 9.21 Å². The summed E-state index contributed by atoms with van der Waals surface area (Å²) in [5.74, 6) is 0.271. The first-order valence-electron chi connectivity index (χ1n) is 4.98. The molecule has 2 unspecified atom stereocenters. The van der Waals surface area contributed by atoms with Gasteiger partial charge in [-0.3, -0.25) is 4.79 Å². The molecular weight excluding hydrogens is 210 g/mol. The summed E-state index contributed by atoms with van der Waals surface area (Å²) in [7, 11) is 3.36. The second kappa shape index (κ2) is 4.93. The van der Waals surface area contributed by atoms with Crippen LogP contribution in [0, 0.1) is 0 Å². The number of likely N-dealkylation sites (N-methyl/N-ethyl adjacent to an activating group) is 1. The largest absolute Gasteiger partial charge is 0.406 e. The highest BCUT2D eigenvalue weighted by Gasteiger charge is 2.17. The number of rotatable bonds is 4. The molecule has 0 aliphatic carbocycles. The second-order valence-electron chi connectivity index (χ2n) is 3.83. The predicted octanol–water partition coefficient (Wildman–Crippen LogP) is -0.0221. The summed E-state index contributed by atoms with van der Waals surface area (Å²) in [4.78, 5) is 13.0. The molecule has 0 saturated heterocycles. The maximum atomic E-state index is 11.5. The van der Waals surface area contributed by atoms with Crippen LogP contribution in [0.2, 0.25) is 0 Å². The SMILES string of the molecule is CC(Nc1nnc(C(C)N)o1)C(=O)N(C)C. The van der Waals surface area contributed by atoms with Gasteiger partial charge in [0.05, 0.1) is 6.04 Å². The van der Waals surface area contributed by atoms with E-state index in [9.17, 15) is 4.79 Å². The van der Waals surface area contributed by atoms with Crippen LogP contribution in [-0.2, 0) is 4.79 Å². The molecule has 0 aromatic carbocycles. The van der Waals surface area contributed by atoms with Gasteiger partial charge in [-0.05, 0) is 13.8 Å². The highest BCUT2D eigenvalue weighted by atomic mass is 16.4. The van der Waals surface area contributed by atoms with Gasteiger partial charge in [0, 0.05) is 14.1 Å². The normalized spacial score (nSPS) is 14.3. The fraction of sp³-hybridized carbons (Fsp3) is 0.667. The molecule has 7 nitrogen and oxygen atoms in total. The van der Waals surface area contributed by atoms with E-state index in [4.69, 9.17) is 10.2 Å². The van der Waals surface area contributed by atoms with Crippen LogP contribution in [0.1, 0.15) is 25.8 Å². The second-order valence-corrected chi connectivity index (χ2v) is 3.83. The lowest BCUT2D eigenvalue weighted by molar-refractivity contribution is -0.129. The van der Waals surface area contributed by atoms with Crippen molar-refractivity contribution in [3.05, 3.63) is 5.89 Å². The van der Waals surface area contributed by atoms with Crippen molar-refractivity contribution in [2.24, 2.45) is 5.73 Å². The summed E-state index contributed by atoms with van der Waals surface area (Å²) in [6, 6.07) is -0.533. The van der Waals surface area contributed by atoms with Gasteiger partial charge in [-0.15, -0.1) is 5.10 Å². The summed E-state index contributed by atoms with van der Waals surface area (Å²) in [5.41, 5.74) is 5.57. The Hall–Kier alpha value is -1.63. The van der Waals surface area contributed by atoms with Crippen LogP contribution in [0.5, 0.6) is 0 Å². The third kappa shape index (κ3) is 2.93. The quantitative estimate of drug-likeness (QED) is 0.750. The smallest absolute Gasteiger partial charge is 0.316 e. The molecule has 1 heterocycles. The van der Waals surface area contributed by atoms with E-state index < -0.39 is 6.04 Å². The van der Waals surface area contributed by atoms with Gasteiger partial charge in [0.1, 0.15) is 6.04 Å². The number of aromatic nitrogens is 2. The van der Waals surface area contributed by atoms with Crippen molar-refractivity contribution >= 4 is 11.9 Å². The summed E-state index contributed by atoms with van der Waals surface area (Å²) in [5, 5.41) is 10.3. The van der Waals surface area contributed by atoms with Crippen LogP contribution in [-0.4, -0.2) is 41.1 Å². The predicted molar refractivity (Wildman–Crippen MR) is 58.7 cm³/mol. The molecule has 0 aliphatic rings. The summed E-state index contributed by atoms with van der Waals surface area (Å²) >= 11 is 0. The number of nitrogens with two attached hydrogens (primary N) is 1. The van der Waals surface area contributed by atoms with Crippen molar-refractivity contribution in [2.45, 2.75) is 25.9 Å². The number of hydrogen-bond acceptors (Lipinski definition) is 6. The molecule has 16 heavy (non-hydrogen) atoms. The molecule has 1 aromatic heterocycles. The maximum absolute atomic E-state index is 11.5. The van der Waals surface area contributed by atoms with Gasteiger partial charge in [-0.2, -0.15) is 0 Å². The van der Waals surface area contributed by atoms with Gasteiger partial charge in [-0.25, -0.2) is 0 Å². The number of anilines is 1. The molecule has 0 aliphatic heterocycles. The third-order valence-corrected chi connectivity index (χ3v) is 1.98. The standard InChI is InChI=1S/C9H17N5O2/c1-5(10)7-12-13-9(16-7)11-6(2)8(15)14(3)4/h5-6H,10H2,1-4H3,(H,11,13). The van der Waals surface area contributed by atoms with E-state index >= 15 is 0 Å². The third-order valence-electron chi connectivity index (χ3n) is 1.98. The number of carbonyl (C=O) groups is 1. The van der Waals surface area contributed by atoms with E-state index in [1.807, 2.05) is 0 Å². The highest BCUT2D eigenvalue weighted by Crippen LogP contribution is 2.12. The monoisotopic (exact) mass is 227 g/mol. The lowest BCUT2D eigenvalue weighted by atomic mass is 10.3. The molecule has 2 atom stereocenters. The van der Waals surface area contributed by atoms with Gasteiger partial charge in [0.2, 0.25) is 11.8 Å². The topological polar surface area (TPSA) is 97.3 Å². The molecule has 7 heteroatoms. The zero-order valence-corrected chi connectivity index (χ0v) is 9.89. The van der Waals surface area contributed by atoms with Gasteiger partial charge >= 0.3 is 6.01 Å². The first-order valence-corrected chi connectivity index (χ1v) is 4.98. The van der Waals surface area contributed by atoms with E-state index in [-0.39, 0.29) is 18.0 Å². The Kier molecular flexibility index (Phi) is 3.83. The molecule has 1 amide bonds. The van der Waals surface area contributed by atoms with E-state index in [2.05, 4.69) is 15.5 Å². The van der Waals surface area contributed by atoms with E-state index in [1.54, 1.807) is 27.9 Å². The van der Waals surface area contributed by atoms with Crippen LogP contribution in [0.15, 0.2) is 4.42 Å². The lowest BCUT2D eigenvalue weighted by Gasteiger charge is -2.16. The number of amides is 1. The van der Waals surface area contributed by atoms with Crippen LogP contribution >= 0.6 is 0 Å². The van der Waals surface area contributed by atoms with E-state index in [1.165, 1.54) is 4.90 Å². The summed E-state index contributed by atoms with van der Waals surface area (Å²) in [6.07, 6.45) is 0. The van der Waals surface area contributed by atoms with Crippen molar-refractivity contribution in [2.75, 3.05) is 19.4 Å². The van der Waals surface area contributed by atoms with Crippen LogP contribution in [0.25, 0.3) is 0 Å². The molecule has 0 saturated carbocycles. The zero-order chi connectivity index (χ0) is 12.3. The van der Waals surface area contributed by atoms with Crippen molar-refractivity contribution in [3.8, 4) is 0 Å². The highest BCUT2D eigenvalue weighted by molar-refractivity contribution is 5.83. The Morgan fingerprint density at radius 1 is 1.44 bits per heavy atom. The molecule has 0 bridgehead atoms. The minimum atomic E-state index is -0.420. The molecular formula is C9H17N5O2. The van der Waals surface area contributed by atoms with Crippen LogP contribution in [0.3, 0.4) is 0 Å². The number of nitrogens with zero attached hydrogens (tertiary/aromatic N) is 3. The van der Waals surface area contributed by atoms with Crippen molar-refractivity contribution in [1.82, 2.24) is 15.1 Å². The minimum Gasteiger partial charge on any atom is -0.406 e. The van der Waals surface area contributed by atoms with E-state index in [0.717, 1.165) is 0 Å². The van der Waals surface area contributed by atoms with Crippen LogP contribution in [0.4, 0.5) is 6.01 Å². The minimum absolute atomic E-state index is 0.0689. The molecule has 0 fully saturated rings. The molecule has 3 N–H and O–H groups in total. The van der Waals surface area contributed by atoms with Crippen molar-refractivity contribution in [3.63, 3.8) is 0 Å². The molecule has 1 aromatic rings. The van der Waals surface area contributed by atoms with E-state index in [0.29, 0.717) is 5.89 Å². The number of carbonyl (C=O) groups excluding carboxylic acids is 1. The Morgan fingerprint density at radius 3 is 2.50 bits per heavy atom. The summed E-state index contributed by atoms with van der Waals surface area (Å²) in [6.45, 7) is 3.46. The first kappa shape index (κ1) is 12.4. The fourth-order valence-corrected chi connectivity index (χ4v) is 1.11. The molecule has 0 spiro atoms. The Balaban J connectivity index is 2.63. The molecule has 90 valence electrons. The lowest BCUT2D eigenvalue weighted by Crippen LogP contribution is -2.36. The van der Waals surface area contributed by atoms with Gasteiger partial charge in [0.15, 0.2) is 0 Å². The zero-order valence-electron chi connectivity index (χ0n) is 9.89. The summed E-state index contributed by atoms with van der Waals surface area (Å²) < 4.78 is 5.22. The molecule has 1 rings (SSSR count).